The maximum atomic E-state index is 14.3. The largest absolute Gasteiger partial charge is 0.489 e. The van der Waals surface area contributed by atoms with Gasteiger partial charge in [0.15, 0.2) is 11.5 Å². The molecule has 1 saturated heterocycles. The third-order valence-corrected chi connectivity index (χ3v) is 12.5. The summed E-state index contributed by atoms with van der Waals surface area (Å²) < 4.78 is 78.5. The molecule has 73 heavy (non-hydrogen) atoms. The Bertz CT molecular complexity index is 2480. The molecule has 1 unspecified atom stereocenters. The molecule has 3 fully saturated rings. The normalized spacial score (nSPS) is 19.7. The zero-order valence-corrected chi connectivity index (χ0v) is 40.6. The number of aromatic nitrogens is 3. The summed E-state index contributed by atoms with van der Waals surface area (Å²) >= 11 is 0. The Hall–Kier alpha value is -6.94. The maximum Gasteiger partial charge on any atom is 0.417 e. The van der Waals surface area contributed by atoms with Crippen LogP contribution in [0, 0.1) is 17.7 Å². The van der Waals surface area contributed by atoms with E-state index in [1.54, 1.807) is 24.3 Å². The molecule has 2 saturated carbocycles. The first-order valence-corrected chi connectivity index (χ1v) is 24.5. The van der Waals surface area contributed by atoms with Crippen molar-refractivity contribution in [3.8, 4) is 17.4 Å². The second-order valence-electron chi connectivity index (χ2n) is 18.0. The number of aromatic amines is 1. The summed E-state index contributed by atoms with van der Waals surface area (Å²) in [4.78, 5) is 85.8. The van der Waals surface area contributed by atoms with E-state index in [-0.39, 0.29) is 90.5 Å². The minimum Gasteiger partial charge on any atom is -0.489 e. The van der Waals surface area contributed by atoms with Crippen LogP contribution in [0.2, 0.25) is 0 Å². The predicted octanol–water partition coefficient (Wildman–Crippen LogP) is 6.33. The number of carbonyl (C=O) groups excluding carboxylic acids is 5. The first-order valence-electron chi connectivity index (χ1n) is 24.5. The maximum absolute atomic E-state index is 14.3. The molecule has 5 N–H and O–H groups in total. The lowest BCUT2D eigenvalue weighted by Gasteiger charge is -2.29. The smallest absolute Gasteiger partial charge is 0.417 e. The fourth-order valence-electron chi connectivity index (χ4n) is 8.51. The fraction of sp³-hybridized carbons (Fsp3) is 0.490. The van der Waals surface area contributed by atoms with Crippen molar-refractivity contribution in [1.29, 1.82) is 0 Å². The number of benzene rings is 1. The predicted molar refractivity (Wildman–Crippen MR) is 258 cm³/mol. The van der Waals surface area contributed by atoms with Crippen LogP contribution < -0.4 is 36.3 Å². The molecule has 2 aliphatic carbocycles. The van der Waals surface area contributed by atoms with E-state index in [0.717, 1.165) is 43.9 Å². The second-order valence-corrected chi connectivity index (χ2v) is 18.0. The highest BCUT2D eigenvalue weighted by Crippen LogP contribution is 2.36. The molecule has 4 heterocycles. The first kappa shape index (κ1) is 55.4. The minimum atomic E-state index is -4.84. The number of anilines is 1. The quantitative estimate of drug-likeness (QED) is 0.0455. The molecule has 0 bridgehead atoms. The van der Waals surface area contributed by atoms with Crippen LogP contribution in [0.5, 0.6) is 17.4 Å². The number of likely N-dealkylation sites (tertiary alicyclic amines) is 1. The molecule has 1 atom stereocenters. The summed E-state index contributed by atoms with van der Waals surface area (Å²) in [6.07, 6.45) is 8.04. The van der Waals surface area contributed by atoms with Crippen molar-refractivity contribution in [3.05, 3.63) is 107 Å². The molecule has 4 aromatic rings. The Balaban J connectivity index is 0.00000135. The third kappa shape index (κ3) is 18.3. The number of amides is 5. The molecule has 18 nitrogen and oxygen atoms in total. The van der Waals surface area contributed by atoms with Gasteiger partial charge < -0.3 is 50.1 Å². The number of rotatable bonds is 21. The van der Waals surface area contributed by atoms with E-state index in [9.17, 15) is 46.3 Å². The van der Waals surface area contributed by atoms with Crippen molar-refractivity contribution in [1.82, 2.24) is 35.8 Å². The highest BCUT2D eigenvalue weighted by atomic mass is 19.4. The van der Waals surface area contributed by atoms with Crippen LogP contribution >= 0.6 is 0 Å². The van der Waals surface area contributed by atoms with Gasteiger partial charge in [-0.1, -0.05) is 6.07 Å². The van der Waals surface area contributed by atoms with Crippen LogP contribution in [-0.2, 0) is 34.8 Å². The van der Waals surface area contributed by atoms with E-state index in [0.29, 0.717) is 83.5 Å². The zero-order chi connectivity index (χ0) is 52.2. The van der Waals surface area contributed by atoms with Crippen LogP contribution in [0.4, 0.5) is 23.2 Å². The SMILES string of the molecule is CN1CC(C(=O)NCCOC2CCC(OCCCC(=O)NC3CCC(C(=O)NCCCOc4cc(F)ccc4Oc4ncc(C(F)(F)F)cc4C(=O)Nc4cc[nH]c(=O)c4)CC3)CC2)CC1=O.c1ccncc1. The van der Waals surface area contributed by atoms with Crippen LogP contribution in [-0.4, -0.2) is 114 Å². The molecule has 5 amide bonds. The molecule has 394 valence electrons. The molecule has 3 aliphatic rings. The summed E-state index contributed by atoms with van der Waals surface area (Å²) in [5, 5.41) is 11.2. The molecule has 1 aliphatic heterocycles. The first-order chi connectivity index (χ1) is 35.1. The van der Waals surface area contributed by atoms with Gasteiger partial charge in [-0.05, 0) is 101 Å². The number of H-pyrrole nitrogens is 1. The molecule has 1 aromatic carbocycles. The van der Waals surface area contributed by atoms with Gasteiger partial charge in [0, 0.05) is 101 Å². The van der Waals surface area contributed by atoms with E-state index < -0.39 is 40.5 Å². The Kier molecular flexibility index (Phi) is 21.1. The van der Waals surface area contributed by atoms with Crippen LogP contribution in [0.1, 0.15) is 93.0 Å². The number of nitrogens with zero attached hydrogens (tertiary/aromatic N) is 3. The van der Waals surface area contributed by atoms with Gasteiger partial charge in [0.1, 0.15) is 11.4 Å². The number of pyridine rings is 3. The molecular formula is C51H62F4N8O10. The van der Waals surface area contributed by atoms with E-state index >= 15 is 0 Å². The average molecular weight is 1020 g/mol. The van der Waals surface area contributed by atoms with Gasteiger partial charge >= 0.3 is 6.18 Å². The van der Waals surface area contributed by atoms with E-state index in [1.165, 1.54) is 18.3 Å². The lowest BCUT2D eigenvalue weighted by molar-refractivity contribution is -0.138. The van der Waals surface area contributed by atoms with Crippen molar-refractivity contribution in [3.63, 3.8) is 0 Å². The Morgan fingerprint density at radius 1 is 0.795 bits per heavy atom. The number of halogens is 4. The van der Waals surface area contributed by atoms with Crippen molar-refractivity contribution >= 4 is 35.2 Å². The minimum absolute atomic E-state index is 0.00580. The molecular weight excluding hydrogens is 961 g/mol. The van der Waals surface area contributed by atoms with E-state index in [4.69, 9.17) is 18.9 Å². The van der Waals surface area contributed by atoms with Crippen molar-refractivity contribution in [2.75, 3.05) is 51.8 Å². The summed E-state index contributed by atoms with van der Waals surface area (Å²) in [6.45, 7) is 1.97. The van der Waals surface area contributed by atoms with Gasteiger partial charge in [0.25, 0.3) is 5.91 Å². The van der Waals surface area contributed by atoms with Crippen LogP contribution in [0.3, 0.4) is 0 Å². The Labute approximate surface area is 419 Å². The number of ether oxygens (including phenoxy) is 4. The average Bonchev–Trinajstić information content (AvgIpc) is 3.72. The Morgan fingerprint density at radius 3 is 2.14 bits per heavy atom. The molecule has 0 radical (unpaired) electrons. The lowest BCUT2D eigenvalue weighted by atomic mass is 9.85. The van der Waals surface area contributed by atoms with Crippen LogP contribution in [0.15, 0.2) is 84.2 Å². The van der Waals surface area contributed by atoms with E-state index in [1.807, 2.05) is 18.2 Å². The molecule has 22 heteroatoms. The van der Waals surface area contributed by atoms with Gasteiger partial charge in [0.2, 0.25) is 35.1 Å². The third-order valence-electron chi connectivity index (χ3n) is 12.5. The van der Waals surface area contributed by atoms with Crippen molar-refractivity contribution in [2.45, 2.75) is 101 Å². The number of nitrogens with one attached hydrogen (secondary N) is 5. The summed E-state index contributed by atoms with van der Waals surface area (Å²) in [5.74, 6) is -3.42. The standard InChI is InChI=1S/C46H57F4N7O10.C5H5N/c1-57-27-29(22-41(57)60)43(62)53-18-21-65-35-12-10-34(11-13-35)64-19-2-4-39(58)55-32-8-5-28(6-9-32)42(61)52-16-3-20-66-38-24-31(47)7-14-37(38)67-45-36(23-30(26-54-45)46(48,49)50)44(63)56-33-15-17-51-40(59)25-33;1-2-4-6-5-3-1/h7,14-15,17,23-26,28-29,32,34-35H,2-6,8-13,16,18-22,27H2,1H3,(H,52,61)(H,53,62)(H,55,58)(H2,51,56,59,63);1-5H. The van der Waals surface area contributed by atoms with Gasteiger partial charge in [-0.25, -0.2) is 9.37 Å². The highest BCUT2D eigenvalue weighted by Gasteiger charge is 2.34. The van der Waals surface area contributed by atoms with Gasteiger partial charge in [-0.15, -0.1) is 0 Å². The highest BCUT2D eigenvalue weighted by molar-refractivity contribution is 6.06. The van der Waals surface area contributed by atoms with Crippen molar-refractivity contribution in [2.24, 2.45) is 11.8 Å². The van der Waals surface area contributed by atoms with Gasteiger partial charge in [-0.2, -0.15) is 13.2 Å². The topological polar surface area (TPSA) is 232 Å². The molecule has 7 rings (SSSR count). The van der Waals surface area contributed by atoms with E-state index in [2.05, 4.69) is 36.2 Å². The fourth-order valence-corrected chi connectivity index (χ4v) is 8.51. The van der Waals surface area contributed by atoms with Crippen LogP contribution in [0.25, 0.3) is 0 Å². The number of alkyl halides is 3. The molecule has 0 spiro atoms. The summed E-state index contributed by atoms with van der Waals surface area (Å²) in [5.41, 5.74) is -2.40. The second kappa shape index (κ2) is 27.8. The van der Waals surface area contributed by atoms with Gasteiger partial charge in [0.05, 0.1) is 36.9 Å². The Morgan fingerprint density at radius 2 is 1.49 bits per heavy atom. The number of hydrogen-bond donors (Lipinski definition) is 5. The molecule has 3 aromatic heterocycles. The number of carbonyl (C=O) groups is 5. The summed E-state index contributed by atoms with van der Waals surface area (Å²) in [7, 11) is 1.70. The summed E-state index contributed by atoms with van der Waals surface area (Å²) in [6, 6.07) is 11.8. The van der Waals surface area contributed by atoms with Crippen molar-refractivity contribution < 1.29 is 60.5 Å². The monoisotopic (exact) mass is 1020 g/mol. The van der Waals surface area contributed by atoms with Gasteiger partial charge in [-0.3, -0.25) is 33.8 Å². The number of hydrogen-bond acceptors (Lipinski definition) is 12. The zero-order valence-electron chi connectivity index (χ0n) is 40.6. The lowest BCUT2D eigenvalue weighted by Crippen LogP contribution is -2.41.